The zero-order valence-electron chi connectivity index (χ0n) is 15.0. The van der Waals surface area contributed by atoms with Gasteiger partial charge in [0.2, 0.25) is 0 Å². The van der Waals surface area contributed by atoms with Crippen LogP contribution in [0.5, 0.6) is 5.75 Å². The highest BCUT2D eigenvalue weighted by Crippen LogP contribution is 2.30. The molecule has 4 nitrogen and oxygen atoms in total. The molecular formula is C22H23NO3. The van der Waals surface area contributed by atoms with E-state index in [1.165, 1.54) is 24.0 Å². The molecule has 0 N–H and O–H groups in total. The Morgan fingerprint density at radius 2 is 1.85 bits per heavy atom. The Morgan fingerprint density at radius 3 is 2.54 bits per heavy atom. The first-order valence-corrected chi connectivity index (χ1v) is 9.21. The highest BCUT2D eigenvalue weighted by molar-refractivity contribution is 5.94. The molecule has 4 heteroatoms. The fourth-order valence-corrected chi connectivity index (χ4v) is 3.52. The topological polar surface area (TPSA) is 46.6 Å². The van der Waals surface area contributed by atoms with Gasteiger partial charge in [-0.15, -0.1) is 0 Å². The highest BCUT2D eigenvalue weighted by Gasteiger charge is 2.28. The number of carbonyl (C=O) groups is 2. The third-order valence-electron chi connectivity index (χ3n) is 5.43. The van der Waals surface area contributed by atoms with E-state index < -0.39 is 0 Å². The second kappa shape index (κ2) is 6.94. The predicted octanol–water partition coefficient (Wildman–Crippen LogP) is 3.53. The second-order valence-electron chi connectivity index (χ2n) is 7.40. The molecule has 0 aliphatic heterocycles. The largest absolute Gasteiger partial charge is 0.493 e. The second-order valence-corrected chi connectivity index (χ2v) is 7.40. The van der Waals surface area contributed by atoms with Crippen molar-refractivity contribution in [1.82, 2.24) is 4.90 Å². The molecule has 0 unspecified atom stereocenters. The third kappa shape index (κ3) is 3.50. The summed E-state index contributed by atoms with van der Waals surface area (Å²) < 4.78 is 5.74. The molecule has 134 valence electrons. The van der Waals surface area contributed by atoms with Crippen LogP contribution in [0.4, 0.5) is 0 Å². The van der Waals surface area contributed by atoms with Crippen LogP contribution in [0.2, 0.25) is 0 Å². The number of ether oxygens (including phenoxy) is 1. The fourth-order valence-electron chi connectivity index (χ4n) is 3.52. The molecule has 0 saturated heterocycles. The molecular weight excluding hydrogens is 326 g/mol. The lowest BCUT2D eigenvalue weighted by atomic mass is 10.1. The molecule has 0 radical (unpaired) electrons. The van der Waals surface area contributed by atoms with Gasteiger partial charge in [0, 0.05) is 24.2 Å². The van der Waals surface area contributed by atoms with Crippen LogP contribution < -0.4 is 4.74 Å². The summed E-state index contributed by atoms with van der Waals surface area (Å²) >= 11 is 0. The molecule has 0 aromatic heterocycles. The van der Waals surface area contributed by atoms with Crippen LogP contribution >= 0.6 is 0 Å². The lowest BCUT2D eigenvalue weighted by molar-refractivity contribution is 0.0737. The number of likely N-dealkylation sites (N-methyl/N-ethyl adjacent to an activating group) is 1. The minimum absolute atomic E-state index is 0.0205. The number of benzene rings is 2. The lowest BCUT2D eigenvalue weighted by Crippen LogP contribution is -2.37. The number of rotatable bonds is 6. The first kappa shape index (κ1) is 16.8. The van der Waals surface area contributed by atoms with E-state index in [0.717, 1.165) is 31.5 Å². The number of carbonyl (C=O) groups excluding carboxylic acids is 2. The Labute approximate surface area is 153 Å². The Balaban J connectivity index is 1.40. The van der Waals surface area contributed by atoms with Crippen molar-refractivity contribution < 1.29 is 14.3 Å². The van der Waals surface area contributed by atoms with Crippen LogP contribution in [0, 0.1) is 5.92 Å². The lowest BCUT2D eigenvalue weighted by Gasteiger charge is -2.24. The summed E-state index contributed by atoms with van der Waals surface area (Å²) in [5, 5.41) is 0. The summed E-state index contributed by atoms with van der Waals surface area (Å²) in [5.74, 6) is 1.56. The van der Waals surface area contributed by atoms with Gasteiger partial charge in [-0.25, -0.2) is 0 Å². The number of hydrogen-bond donors (Lipinski definition) is 0. The molecule has 2 aliphatic carbocycles. The van der Waals surface area contributed by atoms with E-state index in [0.29, 0.717) is 17.0 Å². The Kier molecular flexibility index (Phi) is 4.49. The smallest absolute Gasteiger partial charge is 0.253 e. The number of fused-ring (bicyclic) bond motifs is 1. The van der Waals surface area contributed by atoms with Gasteiger partial charge in [0.25, 0.3) is 5.91 Å². The number of amides is 1. The van der Waals surface area contributed by atoms with Crippen LogP contribution in [-0.2, 0) is 12.8 Å². The van der Waals surface area contributed by atoms with Crippen molar-refractivity contribution in [3.63, 3.8) is 0 Å². The highest BCUT2D eigenvalue weighted by atomic mass is 16.5. The van der Waals surface area contributed by atoms with E-state index in [9.17, 15) is 9.59 Å². The summed E-state index contributed by atoms with van der Waals surface area (Å²) in [6.07, 6.45) is 5.02. The molecule has 2 aliphatic rings. The summed E-state index contributed by atoms with van der Waals surface area (Å²) in [4.78, 5) is 25.6. The molecule has 1 saturated carbocycles. The van der Waals surface area contributed by atoms with E-state index in [2.05, 4.69) is 0 Å². The molecule has 0 spiro atoms. The maximum Gasteiger partial charge on any atom is 0.253 e. The molecule has 4 rings (SSSR count). The van der Waals surface area contributed by atoms with Crippen molar-refractivity contribution >= 4 is 12.2 Å². The monoisotopic (exact) mass is 349 g/mol. The van der Waals surface area contributed by atoms with Crippen molar-refractivity contribution in [2.24, 2.45) is 5.92 Å². The molecule has 2 aromatic rings. The van der Waals surface area contributed by atoms with Crippen molar-refractivity contribution in [3.05, 3.63) is 64.7 Å². The van der Waals surface area contributed by atoms with Crippen molar-refractivity contribution in [3.8, 4) is 5.75 Å². The number of hydrogen-bond acceptors (Lipinski definition) is 3. The predicted molar refractivity (Wildman–Crippen MR) is 99.8 cm³/mol. The van der Waals surface area contributed by atoms with E-state index >= 15 is 0 Å². The van der Waals surface area contributed by atoms with Gasteiger partial charge in [0.1, 0.15) is 12.0 Å². The molecule has 1 amide bonds. The zero-order chi connectivity index (χ0) is 18.1. The average Bonchev–Trinajstić information content (AvgIpc) is 3.41. The summed E-state index contributed by atoms with van der Waals surface area (Å²) in [5.41, 5.74) is 3.77. The van der Waals surface area contributed by atoms with Gasteiger partial charge in [0.05, 0.1) is 6.61 Å². The van der Waals surface area contributed by atoms with E-state index in [-0.39, 0.29) is 11.9 Å². The van der Waals surface area contributed by atoms with Crippen LogP contribution in [0.25, 0.3) is 0 Å². The van der Waals surface area contributed by atoms with Gasteiger partial charge in [0.15, 0.2) is 0 Å². The van der Waals surface area contributed by atoms with Crippen molar-refractivity contribution in [2.45, 2.75) is 31.7 Å². The molecule has 1 fully saturated rings. The first-order chi connectivity index (χ1) is 12.6. The molecule has 26 heavy (non-hydrogen) atoms. The quantitative estimate of drug-likeness (QED) is 0.750. The number of aldehydes is 1. The van der Waals surface area contributed by atoms with Gasteiger partial charge >= 0.3 is 0 Å². The van der Waals surface area contributed by atoms with Crippen LogP contribution in [-0.4, -0.2) is 36.8 Å². The van der Waals surface area contributed by atoms with Crippen LogP contribution in [0.15, 0.2) is 42.5 Å². The fraction of sp³-hybridized carbons (Fsp3) is 0.364. The van der Waals surface area contributed by atoms with Crippen molar-refractivity contribution in [1.29, 1.82) is 0 Å². The van der Waals surface area contributed by atoms with Gasteiger partial charge in [-0.3, -0.25) is 9.59 Å². The standard InChI is InChI=1S/C22H23NO3/c1-23(20-11-18-5-4-16(13-24)10-19(18)12-20)22(25)17-6-8-21(9-7-17)26-14-15-2-3-15/h4-10,13,15,20H,2-3,11-12,14H2,1H3/t20-/m1/s1. The minimum Gasteiger partial charge on any atom is -0.493 e. The SMILES string of the molecule is CN(C(=O)c1ccc(OCC2CC2)cc1)[C@@H]1Cc2ccc(C=O)cc2C1. The van der Waals surface area contributed by atoms with Crippen molar-refractivity contribution in [2.75, 3.05) is 13.7 Å². The van der Waals surface area contributed by atoms with Gasteiger partial charge < -0.3 is 9.64 Å². The van der Waals surface area contributed by atoms with Gasteiger partial charge in [-0.1, -0.05) is 12.1 Å². The summed E-state index contributed by atoms with van der Waals surface area (Å²) in [6.45, 7) is 0.774. The average molecular weight is 349 g/mol. The normalized spacial score (nSPS) is 18.3. The first-order valence-electron chi connectivity index (χ1n) is 9.21. The molecule has 2 aromatic carbocycles. The summed E-state index contributed by atoms with van der Waals surface area (Å²) in [7, 11) is 1.86. The maximum absolute atomic E-state index is 12.8. The van der Waals surface area contributed by atoms with Crippen LogP contribution in [0.3, 0.4) is 0 Å². The Morgan fingerprint density at radius 1 is 1.12 bits per heavy atom. The Hall–Kier alpha value is -2.62. The van der Waals surface area contributed by atoms with Gasteiger partial charge in [-0.2, -0.15) is 0 Å². The number of nitrogens with zero attached hydrogens (tertiary/aromatic N) is 1. The molecule has 0 bridgehead atoms. The Bertz CT molecular complexity index is 824. The summed E-state index contributed by atoms with van der Waals surface area (Å²) in [6, 6.07) is 13.4. The minimum atomic E-state index is 0.0205. The molecule has 0 heterocycles. The van der Waals surface area contributed by atoms with Gasteiger partial charge in [-0.05, 0) is 73.1 Å². The van der Waals surface area contributed by atoms with E-state index in [1.807, 2.05) is 54.4 Å². The zero-order valence-corrected chi connectivity index (χ0v) is 15.0. The maximum atomic E-state index is 12.8. The van der Waals surface area contributed by atoms with Crippen LogP contribution in [0.1, 0.15) is 44.7 Å². The van der Waals surface area contributed by atoms with E-state index in [1.54, 1.807) is 0 Å². The third-order valence-corrected chi connectivity index (χ3v) is 5.43. The van der Waals surface area contributed by atoms with E-state index in [4.69, 9.17) is 4.74 Å². The molecule has 1 atom stereocenters.